The van der Waals surface area contributed by atoms with Gasteiger partial charge in [0.2, 0.25) is 5.91 Å². The van der Waals surface area contributed by atoms with Crippen LogP contribution in [0.4, 0.5) is 0 Å². The van der Waals surface area contributed by atoms with Crippen molar-refractivity contribution in [2.45, 2.75) is 38.6 Å². The number of ether oxygens (including phenoxy) is 1. The van der Waals surface area contributed by atoms with Crippen LogP contribution in [-0.2, 0) is 24.2 Å². The average molecular weight is 303 g/mol. The predicted molar refractivity (Wildman–Crippen MR) is 72.7 cm³/mol. The molecular formula is C13H21NO5S. The number of carbonyl (C=O) groups is 2. The van der Waals surface area contributed by atoms with E-state index in [0.29, 0.717) is 26.0 Å². The van der Waals surface area contributed by atoms with Gasteiger partial charge in [0.15, 0.2) is 9.84 Å². The number of esters is 1. The van der Waals surface area contributed by atoms with Crippen molar-refractivity contribution in [3.05, 3.63) is 0 Å². The molecule has 0 aromatic rings. The summed E-state index contributed by atoms with van der Waals surface area (Å²) in [4.78, 5) is 25.6. The van der Waals surface area contributed by atoms with Crippen molar-refractivity contribution in [2.24, 2.45) is 5.92 Å². The van der Waals surface area contributed by atoms with E-state index in [-0.39, 0.29) is 35.7 Å². The van der Waals surface area contributed by atoms with E-state index in [1.807, 2.05) is 0 Å². The highest BCUT2D eigenvalue weighted by Crippen LogP contribution is 2.25. The van der Waals surface area contributed by atoms with Gasteiger partial charge >= 0.3 is 5.97 Å². The molecule has 114 valence electrons. The predicted octanol–water partition coefficient (Wildman–Crippen LogP) is 0.365. The fraction of sp³-hybridized carbons (Fsp3) is 0.846. The minimum absolute atomic E-state index is 0.0939. The van der Waals surface area contributed by atoms with Crippen molar-refractivity contribution in [3.8, 4) is 0 Å². The maximum atomic E-state index is 12.3. The molecule has 0 radical (unpaired) electrons. The van der Waals surface area contributed by atoms with Gasteiger partial charge in [-0.15, -0.1) is 0 Å². The van der Waals surface area contributed by atoms with Crippen molar-refractivity contribution in [1.82, 2.24) is 4.90 Å². The summed E-state index contributed by atoms with van der Waals surface area (Å²) in [5.41, 5.74) is 0. The van der Waals surface area contributed by atoms with E-state index < -0.39 is 15.9 Å². The van der Waals surface area contributed by atoms with Crippen LogP contribution in [0.25, 0.3) is 0 Å². The Morgan fingerprint density at radius 1 is 1.30 bits per heavy atom. The molecule has 2 unspecified atom stereocenters. The van der Waals surface area contributed by atoms with E-state index in [4.69, 9.17) is 4.74 Å². The van der Waals surface area contributed by atoms with Gasteiger partial charge in [-0.25, -0.2) is 13.2 Å². The Morgan fingerprint density at radius 3 is 2.65 bits per heavy atom. The zero-order chi connectivity index (χ0) is 14.8. The first-order valence-corrected chi connectivity index (χ1v) is 8.91. The van der Waals surface area contributed by atoms with Crippen molar-refractivity contribution in [2.75, 3.05) is 24.7 Å². The molecule has 0 N–H and O–H groups in total. The Morgan fingerprint density at radius 2 is 2.05 bits per heavy atom. The highest BCUT2D eigenvalue weighted by molar-refractivity contribution is 7.91. The molecule has 1 amide bonds. The molecule has 2 heterocycles. The molecule has 2 fully saturated rings. The van der Waals surface area contributed by atoms with Crippen LogP contribution in [0.1, 0.15) is 32.6 Å². The fourth-order valence-electron chi connectivity index (χ4n) is 2.95. The Hall–Kier alpha value is -1.11. The number of sulfone groups is 1. The zero-order valence-electron chi connectivity index (χ0n) is 11.7. The van der Waals surface area contributed by atoms with Crippen LogP contribution < -0.4 is 0 Å². The molecule has 0 aliphatic carbocycles. The first kappa shape index (κ1) is 15.3. The summed E-state index contributed by atoms with van der Waals surface area (Å²) in [6, 6.07) is -0.486. The van der Waals surface area contributed by atoms with Crippen LogP contribution >= 0.6 is 0 Å². The monoisotopic (exact) mass is 303 g/mol. The van der Waals surface area contributed by atoms with Gasteiger partial charge in [0.05, 0.1) is 18.1 Å². The van der Waals surface area contributed by atoms with Crippen LogP contribution in [0.2, 0.25) is 0 Å². The minimum Gasteiger partial charge on any atom is -0.464 e. The third-order valence-corrected chi connectivity index (χ3v) is 5.76. The highest BCUT2D eigenvalue weighted by Gasteiger charge is 2.37. The lowest BCUT2D eigenvalue weighted by atomic mass is 10.0. The summed E-state index contributed by atoms with van der Waals surface area (Å²) in [5.74, 6) is -0.306. The van der Waals surface area contributed by atoms with Gasteiger partial charge in [-0.3, -0.25) is 4.79 Å². The van der Waals surface area contributed by atoms with Gasteiger partial charge in [-0.05, 0) is 32.1 Å². The van der Waals surface area contributed by atoms with Crippen LogP contribution in [0.15, 0.2) is 0 Å². The molecule has 0 saturated carbocycles. The van der Waals surface area contributed by atoms with E-state index in [1.165, 1.54) is 0 Å². The van der Waals surface area contributed by atoms with E-state index >= 15 is 0 Å². The molecule has 7 heteroatoms. The maximum Gasteiger partial charge on any atom is 0.328 e. The third-order valence-electron chi connectivity index (χ3n) is 3.92. The van der Waals surface area contributed by atoms with E-state index in [2.05, 4.69) is 0 Å². The molecule has 0 bridgehead atoms. The Labute approximate surface area is 119 Å². The number of hydrogen-bond acceptors (Lipinski definition) is 5. The molecule has 6 nitrogen and oxygen atoms in total. The lowest BCUT2D eigenvalue weighted by Gasteiger charge is -2.24. The molecule has 0 spiro atoms. The summed E-state index contributed by atoms with van der Waals surface area (Å²) in [6.45, 7) is 2.60. The number of hydrogen-bond donors (Lipinski definition) is 0. The normalized spacial score (nSPS) is 28.6. The zero-order valence-corrected chi connectivity index (χ0v) is 12.5. The van der Waals surface area contributed by atoms with Crippen LogP contribution in [-0.4, -0.2) is 55.9 Å². The molecule has 20 heavy (non-hydrogen) atoms. The summed E-state index contributed by atoms with van der Waals surface area (Å²) < 4.78 is 27.8. The minimum atomic E-state index is -2.97. The summed E-state index contributed by atoms with van der Waals surface area (Å²) in [6.07, 6.45) is 2.19. The van der Waals surface area contributed by atoms with Crippen LogP contribution in [0.5, 0.6) is 0 Å². The molecule has 2 aliphatic rings. The van der Waals surface area contributed by atoms with Gasteiger partial charge in [-0.1, -0.05) is 0 Å². The second kappa shape index (κ2) is 6.11. The lowest BCUT2D eigenvalue weighted by molar-refractivity contribution is -0.153. The molecule has 2 saturated heterocycles. The van der Waals surface area contributed by atoms with Crippen molar-refractivity contribution in [1.29, 1.82) is 0 Å². The Bertz CT molecular complexity index is 487. The summed E-state index contributed by atoms with van der Waals surface area (Å²) in [5, 5.41) is 0. The second-order valence-corrected chi connectivity index (χ2v) is 7.70. The molecule has 0 aromatic carbocycles. The van der Waals surface area contributed by atoms with Gasteiger partial charge < -0.3 is 9.64 Å². The van der Waals surface area contributed by atoms with Crippen molar-refractivity contribution in [3.63, 3.8) is 0 Å². The number of amides is 1. The quantitative estimate of drug-likeness (QED) is 0.701. The summed E-state index contributed by atoms with van der Waals surface area (Å²) in [7, 11) is -2.97. The average Bonchev–Trinajstić information content (AvgIpc) is 2.96. The van der Waals surface area contributed by atoms with Gasteiger partial charge in [0.25, 0.3) is 0 Å². The van der Waals surface area contributed by atoms with Crippen molar-refractivity contribution < 1.29 is 22.7 Å². The highest BCUT2D eigenvalue weighted by atomic mass is 32.2. The van der Waals surface area contributed by atoms with Gasteiger partial charge in [0, 0.05) is 13.0 Å². The number of likely N-dealkylation sites (tertiary alicyclic amines) is 1. The van der Waals surface area contributed by atoms with E-state index in [1.54, 1.807) is 11.8 Å². The maximum absolute atomic E-state index is 12.3. The number of nitrogens with zero attached hydrogens (tertiary/aromatic N) is 1. The van der Waals surface area contributed by atoms with Crippen LogP contribution in [0.3, 0.4) is 0 Å². The second-order valence-electron chi connectivity index (χ2n) is 5.47. The molecular weight excluding hydrogens is 282 g/mol. The molecule has 0 aromatic heterocycles. The van der Waals surface area contributed by atoms with E-state index in [0.717, 1.165) is 6.42 Å². The largest absolute Gasteiger partial charge is 0.464 e. The first-order valence-electron chi connectivity index (χ1n) is 7.09. The van der Waals surface area contributed by atoms with Gasteiger partial charge in [0.1, 0.15) is 6.04 Å². The molecule has 2 aliphatic heterocycles. The standard InChI is InChI=1S/C13H21NO5S/c1-2-19-13(16)11-4-3-6-14(11)12(15)8-10-5-7-20(17,18)9-10/h10-11H,2-9H2,1H3. The Balaban J connectivity index is 1.93. The number of carbonyl (C=O) groups excluding carboxylic acids is 2. The SMILES string of the molecule is CCOC(=O)C1CCCN1C(=O)CC1CCS(=O)(=O)C1. The smallest absolute Gasteiger partial charge is 0.328 e. The lowest BCUT2D eigenvalue weighted by Crippen LogP contribution is -2.42. The summed E-state index contributed by atoms with van der Waals surface area (Å²) >= 11 is 0. The fourth-order valence-corrected chi connectivity index (χ4v) is 4.81. The Kier molecular flexibility index (Phi) is 4.67. The number of rotatable bonds is 4. The van der Waals surface area contributed by atoms with E-state index in [9.17, 15) is 18.0 Å². The molecule has 2 atom stereocenters. The van der Waals surface area contributed by atoms with Gasteiger partial charge in [-0.2, -0.15) is 0 Å². The molecule has 2 rings (SSSR count). The topological polar surface area (TPSA) is 80.8 Å². The van der Waals surface area contributed by atoms with Crippen LogP contribution in [0, 0.1) is 5.92 Å². The first-order chi connectivity index (χ1) is 9.43. The van der Waals surface area contributed by atoms with Crippen molar-refractivity contribution >= 4 is 21.7 Å². The third kappa shape index (κ3) is 3.50.